The zero-order chi connectivity index (χ0) is 11.2. The quantitative estimate of drug-likeness (QED) is 0.419. The first-order valence-electron chi connectivity index (χ1n) is 5.03. The number of nitrogens with zero attached hydrogens (tertiary/aromatic N) is 1. The summed E-state index contributed by atoms with van der Waals surface area (Å²) in [7, 11) is -1.48. The summed E-state index contributed by atoms with van der Waals surface area (Å²) in [5.74, 6) is 0. The molecule has 0 aliphatic rings. The summed E-state index contributed by atoms with van der Waals surface area (Å²) in [5.41, 5.74) is 2.03. The Hall–Kier alpha value is -1.29. The topological polar surface area (TPSA) is 40.1 Å². The molecule has 0 saturated carbocycles. The van der Waals surface area contributed by atoms with E-state index in [2.05, 4.69) is 19.6 Å². The second-order valence-corrected chi connectivity index (χ2v) is 9.87. The molecule has 0 saturated heterocycles. The van der Waals surface area contributed by atoms with E-state index in [0.717, 1.165) is 10.1 Å². The van der Waals surface area contributed by atoms with E-state index >= 15 is 0 Å². The van der Waals surface area contributed by atoms with Gasteiger partial charge in [0.1, 0.15) is 8.07 Å². The van der Waals surface area contributed by atoms with Crippen LogP contribution in [0.4, 0.5) is 0 Å². The molecule has 0 fully saturated rings. The lowest BCUT2D eigenvalue weighted by Gasteiger charge is -2.09. The van der Waals surface area contributed by atoms with Crippen molar-refractivity contribution >= 4 is 24.6 Å². The van der Waals surface area contributed by atoms with E-state index in [9.17, 15) is 5.21 Å². The molecule has 2 heterocycles. The Morgan fingerprint density at radius 1 is 1.27 bits per heavy atom. The van der Waals surface area contributed by atoms with E-state index in [1.807, 2.05) is 12.1 Å². The van der Waals surface area contributed by atoms with E-state index in [4.69, 9.17) is 4.42 Å². The standard InChI is InChI=1S/C11H15NO2Si/c1-8-5-6-10-9(12(8)13)7-11(14-10)15(2,3)4/h5-7H,1-4H3. The van der Waals surface area contributed by atoms with Crippen molar-refractivity contribution in [3.8, 4) is 0 Å². The predicted molar refractivity (Wildman–Crippen MR) is 62.9 cm³/mol. The van der Waals surface area contributed by atoms with E-state index in [1.54, 1.807) is 13.0 Å². The van der Waals surface area contributed by atoms with Gasteiger partial charge in [0.15, 0.2) is 11.3 Å². The lowest BCUT2D eigenvalue weighted by molar-refractivity contribution is -0.584. The molecule has 0 aromatic carbocycles. The summed E-state index contributed by atoms with van der Waals surface area (Å²) < 4.78 is 6.64. The minimum atomic E-state index is -1.48. The average Bonchev–Trinajstić information content (AvgIpc) is 2.55. The molecule has 0 radical (unpaired) electrons. The van der Waals surface area contributed by atoms with Crippen LogP contribution in [0.1, 0.15) is 5.69 Å². The first-order chi connectivity index (χ1) is 6.89. The van der Waals surface area contributed by atoms with E-state index in [-0.39, 0.29) is 0 Å². The van der Waals surface area contributed by atoms with E-state index < -0.39 is 8.07 Å². The van der Waals surface area contributed by atoms with Crippen LogP contribution in [0.15, 0.2) is 22.6 Å². The van der Waals surface area contributed by atoms with Crippen LogP contribution < -0.4 is 10.1 Å². The minimum absolute atomic E-state index is 0.646. The number of hydrogen-bond acceptors (Lipinski definition) is 2. The molecule has 0 aliphatic heterocycles. The van der Waals surface area contributed by atoms with Gasteiger partial charge in [0, 0.05) is 19.1 Å². The Balaban J connectivity index is 2.72. The minimum Gasteiger partial charge on any atom is -0.618 e. The van der Waals surface area contributed by atoms with Crippen LogP contribution in [0.2, 0.25) is 19.6 Å². The van der Waals surface area contributed by atoms with Crippen molar-refractivity contribution in [2.75, 3.05) is 0 Å². The summed E-state index contributed by atoms with van der Waals surface area (Å²) in [6.45, 7) is 8.40. The van der Waals surface area contributed by atoms with Gasteiger partial charge in [-0.2, -0.15) is 4.73 Å². The molecule has 3 nitrogen and oxygen atoms in total. The summed E-state index contributed by atoms with van der Waals surface area (Å²) in [4.78, 5) is 0. The van der Waals surface area contributed by atoms with Gasteiger partial charge in [-0.05, 0) is 6.07 Å². The number of hydrogen-bond donors (Lipinski definition) is 0. The van der Waals surface area contributed by atoms with Crippen molar-refractivity contribution in [1.82, 2.24) is 0 Å². The van der Waals surface area contributed by atoms with Gasteiger partial charge in [0.2, 0.25) is 0 Å². The molecule has 15 heavy (non-hydrogen) atoms. The van der Waals surface area contributed by atoms with Gasteiger partial charge in [0.25, 0.3) is 5.52 Å². The maximum absolute atomic E-state index is 11.7. The molecule has 80 valence electrons. The van der Waals surface area contributed by atoms with Crippen molar-refractivity contribution in [3.63, 3.8) is 0 Å². The lowest BCUT2D eigenvalue weighted by atomic mass is 10.3. The Morgan fingerprint density at radius 2 is 1.93 bits per heavy atom. The molecular weight excluding hydrogens is 206 g/mol. The van der Waals surface area contributed by atoms with Crippen LogP contribution in [0.25, 0.3) is 11.1 Å². The SMILES string of the molecule is Cc1ccc2oc([Si](C)(C)C)cc2[n+]1[O-]. The molecule has 0 bridgehead atoms. The first kappa shape index (κ1) is 10.2. The fraction of sp³-hybridized carbons (Fsp3) is 0.364. The second-order valence-electron chi connectivity index (χ2n) is 4.88. The van der Waals surface area contributed by atoms with Crippen LogP contribution in [0.3, 0.4) is 0 Å². The smallest absolute Gasteiger partial charge is 0.262 e. The zero-order valence-corrected chi connectivity index (χ0v) is 10.5. The third-order valence-corrected chi connectivity index (χ3v) is 4.22. The molecule has 4 heteroatoms. The van der Waals surface area contributed by atoms with Crippen molar-refractivity contribution in [2.45, 2.75) is 26.6 Å². The normalized spacial score (nSPS) is 12.3. The average molecular weight is 221 g/mol. The Bertz CT molecular complexity index is 511. The van der Waals surface area contributed by atoms with Gasteiger partial charge in [-0.15, -0.1) is 0 Å². The van der Waals surface area contributed by atoms with Crippen molar-refractivity contribution in [2.24, 2.45) is 0 Å². The molecule has 2 rings (SSSR count). The Morgan fingerprint density at radius 3 is 2.53 bits per heavy atom. The van der Waals surface area contributed by atoms with Gasteiger partial charge in [-0.1, -0.05) is 19.6 Å². The van der Waals surface area contributed by atoms with Gasteiger partial charge in [-0.3, -0.25) is 0 Å². The first-order valence-corrected chi connectivity index (χ1v) is 8.53. The number of pyridine rings is 1. The van der Waals surface area contributed by atoms with Crippen molar-refractivity contribution < 1.29 is 9.15 Å². The molecule has 2 aromatic heterocycles. The van der Waals surface area contributed by atoms with Gasteiger partial charge >= 0.3 is 0 Å². The molecule has 0 N–H and O–H groups in total. The fourth-order valence-electron chi connectivity index (χ4n) is 1.50. The van der Waals surface area contributed by atoms with Crippen molar-refractivity contribution in [1.29, 1.82) is 0 Å². The molecular formula is C11H15NO2Si. The molecule has 2 aromatic rings. The number of fused-ring (bicyclic) bond motifs is 1. The number of furan rings is 1. The Kier molecular flexibility index (Phi) is 2.11. The number of aromatic nitrogens is 1. The summed E-state index contributed by atoms with van der Waals surface area (Å²) in [6, 6.07) is 5.54. The number of aryl methyl sites for hydroxylation is 1. The van der Waals surface area contributed by atoms with Crippen LogP contribution in [0.5, 0.6) is 0 Å². The molecule has 0 atom stereocenters. The van der Waals surface area contributed by atoms with Gasteiger partial charge in [-0.25, -0.2) is 0 Å². The zero-order valence-electron chi connectivity index (χ0n) is 9.50. The Labute approximate surface area is 89.9 Å². The highest BCUT2D eigenvalue weighted by Gasteiger charge is 2.24. The largest absolute Gasteiger partial charge is 0.618 e. The fourth-order valence-corrected chi connectivity index (χ4v) is 2.48. The van der Waals surface area contributed by atoms with Crippen LogP contribution in [-0.4, -0.2) is 8.07 Å². The maximum atomic E-state index is 11.7. The highest BCUT2D eigenvalue weighted by atomic mass is 28.3. The molecule has 0 spiro atoms. The van der Waals surface area contributed by atoms with Crippen LogP contribution in [0, 0.1) is 12.1 Å². The molecule has 0 aliphatic carbocycles. The van der Waals surface area contributed by atoms with E-state index in [0.29, 0.717) is 16.8 Å². The van der Waals surface area contributed by atoms with E-state index in [1.165, 1.54) is 0 Å². The lowest BCUT2D eigenvalue weighted by Crippen LogP contribution is -2.36. The number of rotatable bonds is 1. The summed E-state index contributed by atoms with van der Waals surface area (Å²) >= 11 is 0. The highest BCUT2D eigenvalue weighted by molar-refractivity contribution is 6.87. The summed E-state index contributed by atoms with van der Waals surface area (Å²) in [5, 5.41) is 12.7. The van der Waals surface area contributed by atoms with Gasteiger partial charge < -0.3 is 9.62 Å². The van der Waals surface area contributed by atoms with Crippen molar-refractivity contribution in [3.05, 3.63) is 29.1 Å². The maximum Gasteiger partial charge on any atom is 0.262 e. The van der Waals surface area contributed by atoms with Crippen LogP contribution >= 0.6 is 0 Å². The van der Waals surface area contributed by atoms with Gasteiger partial charge in [0.05, 0.1) is 5.38 Å². The highest BCUT2D eigenvalue weighted by Crippen LogP contribution is 2.13. The van der Waals surface area contributed by atoms with Crippen LogP contribution in [-0.2, 0) is 0 Å². The molecule has 0 unspecified atom stereocenters. The third-order valence-electron chi connectivity index (χ3n) is 2.49. The summed E-state index contributed by atoms with van der Waals surface area (Å²) in [6.07, 6.45) is 0. The molecule has 0 amide bonds. The predicted octanol–water partition coefficient (Wildman–Crippen LogP) is 1.92. The third kappa shape index (κ3) is 1.65. The second kappa shape index (κ2) is 3.10. The monoisotopic (exact) mass is 221 g/mol.